The second-order valence-corrected chi connectivity index (χ2v) is 8.43. The lowest BCUT2D eigenvalue weighted by Gasteiger charge is -2.21. The van der Waals surface area contributed by atoms with E-state index >= 15 is 0 Å². The van der Waals surface area contributed by atoms with Gasteiger partial charge in [-0.1, -0.05) is 74.6 Å². The molecule has 144 valence electrons. The lowest BCUT2D eigenvalue weighted by molar-refractivity contribution is -0.116. The van der Waals surface area contributed by atoms with Crippen LogP contribution >= 0.6 is 11.3 Å². The maximum Gasteiger partial charge on any atom is 0.224 e. The minimum absolute atomic E-state index is 0.117. The molecule has 1 aromatic heterocycles. The van der Waals surface area contributed by atoms with Crippen molar-refractivity contribution in [2.45, 2.75) is 44.9 Å². The second kappa shape index (κ2) is 9.16. The van der Waals surface area contributed by atoms with Gasteiger partial charge in [-0.3, -0.25) is 4.79 Å². The second-order valence-electron chi connectivity index (χ2n) is 7.58. The van der Waals surface area contributed by atoms with Crippen LogP contribution in [0.3, 0.4) is 0 Å². The Hall–Kier alpha value is -2.46. The Balaban J connectivity index is 1.39. The third-order valence-corrected chi connectivity index (χ3v) is 6.36. The van der Waals surface area contributed by atoms with Crippen molar-refractivity contribution in [2.75, 3.05) is 5.32 Å². The Morgan fingerprint density at radius 2 is 1.79 bits per heavy atom. The van der Waals surface area contributed by atoms with Crippen LogP contribution in [0.1, 0.15) is 44.9 Å². The summed E-state index contributed by atoms with van der Waals surface area (Å²) < 4.78 is 0. The summed E-state index contributed by atoms with van der Waals surface area (Å²) in [5, 5.41) is 6.15. The number of hydrogen-bond donors (Lipinski definition) is 1. The lowest BCUT2D eigenvalue weighted by Crippen LogP contribution is -2.14. The zero-order valence-electron chi connectivity index (χ0n) is 16.1. The van der Waals surface area contributed by atoms with Crippen molar-refractivity contribution in [3.63, 3.8) is 0 Å². The molecule has 0 aliphatic heterocycles. The zero-order chi connectivity index (χ0) is 19.2. The molecule has 3 nitrogen and oxygen atoms in total. The molecule has 4 heteroatoms. The van der Waals surface area contributed by atoms with Crippen molar-refractivity contribution in [1.82, 2.24) is 4.98 Å². The normalized spacial score (nSPS) is 14.7. The molecule has 1 N–H and O–H groups in total. The maximum atomic E-state index is 12.4. The molecule has 1 fully saturated rings. The number of hydrogen-bond acceptors (Lipinski definition) is 3. The highest BCUT2D eigenvalue weighted by atomic mass is 32.1. The first-order valence-corrected chi connectivity index (χ1v) is 11.1. The smallest absolute Gasteiger partial charge is 0.224 e. The molecule has 1 heterocycles. The molecule has 0 saturated heterocycles. The third-order valence-electron chi connectivity index (χ3n) is 5.47. The Morgan fingerprint density at radius 1 is 1.00 bits per heavy atom. The van der Waals surface area contributed by atoms with E-state index in [0.29, 0.717) is 6.42 Å². The molecule has 0 radical (unpaired) electrons. The number of nitrogens with one attached hydrogen (secondary N) is 1. The van der Waals surface area contributed by atoms with Gasteiger partial charge in [0.05, 0.1) is 5.69 Å². The molecule has 1 aliphatic carbocycles. The quantitative estimate of drug-likeness (QED) is 0.504. The lowest BCUT2D eigenvalue weighted by atomic mass is 9.86. The minimum Gasteiger partial charge on any atom is -0.326 e. The van der Waals surface area contributed by atoms with Crippen LogP contribution in [-0.4, -0.2) is 10.9 Å². The molecule has 0 unspecified atom stereocenters. The SMILES string of the molecule is O=C(CCC1CCCCC1)Nc1cccc(-c2csc(-c3ccccc3)n2)c1. The Morgan fingerprint density at radius 3 is 2.61 bits per heavy atom. The highest BCUT2D eigenvalue weighted by Crippen LogP contribution is 2.30. The highest BCUT2D eigenvalue weighted by Gasteiger charge is 2.15. The largest absolute Gasteiger partial charge is 0.326 e. The van der Waals surface area contributed by atoms with Crippen LogP contribution in [-0.2, 0) is 4.79 Å². The minimum atomic E-state index is 0.117. The van der Waals surface area contributed by atoms with E-state index in [0.717, 1.165) is 39.9 Å². The van der Waals surface area contributed by atoms with Gasteiger partial charge < -0.3 is 5.32 Å². The van der Waals surface area contributed by atoms with E-state index in [1.54, 1.807) is 11.3 Å². The summed E-state index contributed by atoms with van der Waals surface area (Å²) in [4.78, 5) is 17.1. The van der Waals surface area contributed by atoms with Crippen molar-refractivity contribution in [3.8, 4) is 21.8 Å². The summed E-state index contributed by atoms with van der Waals surface area (Å²) in [6.45, 7) is 0. The van der Waals surface area contributed by atoms with Gasteiger partial charge in [0.25, 0.3) is 0 Å². The third kappa shape index (κ3) is 4.87. The number of thiazole rings is 1. The first kappa shape index (κ1) is 18.9. The summed E-state index contributed by atoms with van der Waals surface area (Å²) >= 11 is 1.64. The van der Waals surface area contributed by atoms with Crippen LogP contribution in [0, 0.1) is 5.92 Å². The molecule has 28 heavy (non-hydrogen) atoms. The van der Waals surface area contributed by atoms with Gasteiger partial charge in [-0.15, -0.1) is 11.3 Å². The molecule has 0 spiro atoms. The van der Waals surface area contributed by atoms with Crippen LogP contribution in [0.4, 0.5) is 5.69 Å². The van der Waals surface area contributed by atoms with Crippen molar-refractivity contribution in [1.29, 1.82) is 0 Å². The number of rotatable bonds is 6. The van der Waals surface area contributed by atoms with E-state index in [1.807, 2.05) is 42.5 Å². The molecule has 2 aromatic carbocycles. The highest BCUT2D eigenvalue weighted by molar-refractivity contribution is 7.13. The molecule has 3 aromatic rings. The number of carbonyl (C=O) groups is 1. The average Bonchev–Trinajstić information content (AvgIpc) is 3.24. The van der Waals surface area contributed by atoms with Crippen molar-refractivity contribution in [3.05, 3.63) is 60.0 Å². The summed E-state index contributed by atoms with van der Waals surface area (Å²) in [5.74, 6) is 0.850. The Labute approximate surface area is 170 Å². The van der Waals surface area contributed by atoms with Crippen molar-refractivity contribution < 1.29 is 4.79 Å². The number of carbonyl (C=O) groups excluding carboxylic acids is 1. The van der Waals surface area contributed by atoms with Gasteiger partial charge in [-0.2, -0.15) is 0 Å². The summed E-state index contributed by atoms with van der Waals surface area (Å²) in [6, 6.07) is 18.2. The fourth-order valence-corrected chi connectivity index (χ4v) is 4.75. The number of nitrogens with zero attached hydrogens (tertiary/aromatic N) is 1. The van der Waals surface area contributed by atoms with Crippen LogP contribution in [0.5, 0.6) is 0 Å². The molecule has 0 atom stereocenters. The molecule has 1 saturated carbocycles. The molecule has 0 bridgehead atoms. The van der Waals surface area contributed by atoms with E-state index in [1.165, 1.54) is 32.1 Å². The maximum absolute atomic E-state index is 12.4. The zero-order valence-corrected chi connectivity index (χ0v) is 16.9. The van der Waals surface area contributed by atoms with Gasteiger partial charge in [0.1, 0.15) is 5.01 Å². The molecular formula is C24H26N2OS. The van der Waals surface area contributed by atoms with E-state index in [9.17, 15) is 4.79 Å². The van der Waals surface area contributed by atoms with Gasteiger partial charge in [0.2, 0.25) is 5.91 Å². The van der Waals surface area contributed by atoms with Crippen molar-refractivity contribution >= 4 is 22.9 Å². The number of aromatic nitrogens is 1. The fourth-order valence-electron chi connectivity index (χ4n) is 3.91. The number of amides is 1. The first-order valence-electron chi connectivity index (χ1n) is 10.2. The van der Waals surface area contributed by atoms with Crippen LogP contribution in [0.25, 0.3) is 21.8 Å². The van der Waals surface area contributed by atoms with E-state index < -0.39 is 0 Å². The monoisotopic (exact) mass is 390 g/mol. The van der Waals surface area contributed by atoms with Crippen molar-refractivity contribution in [2.24, 2.45) is 5.92 Å². The molecule has 1 aliphatic rings. The topological polar surface area (TPSA) is 42.0 Å². The van der Waals surface area contributed by atoms with E-state index in [4.69, 9.17) is 4.98 Å². The Kier molecular flexibility index (Phi) is 6.17. The van der Waals surface area contributed by atoms with Gasteiger partial charge in [0.15, 0.2) is 0 Å². The molecular weight excluding hydrogens is 364 g/mol. The van der Waals surface area contributed by atoms with E-state index in [2.05, 4.69) is 22.8 Å². The summed E-state index contributed by atoms with van der Waals surface area (Å²) in [7, 11) is 0. The van der Waals surface area contributed by atoms with Gasteiger partial charge in [-0.05, 0) is 24.5 Å². The van der Waals surface area contributed by atoms with Crippen LogP contribution in [0.15, 0.2) is 60.0 Å². The van der Waals surface area contributed by atoms with E-state index in [-0.39, 0.29) is 5.91 Å². The van der Waals surface area contributed by atoms with Gasteiger partial charge in [0, 0.05) is 28.6 Å². The first-order chi connectivity index (χ1) is 13.8. The predicted octanol–water partition coefficient (Wildman–Crippen LogP) is 6.78. The summed E-state index contributed by atoms with van der Waals surface area (Å²) in [5.41, 5.74) is 3.96. The fraction of sp³-hybridized carbons (Fsp3) is 0.333. The Bertz CT molecular complexity index is 913. The molecule has 4 rings (SSSR count). The number of anilines is 1. The van der Waals surface area contributed by atoms with Gasteiger partial charge in [-0.25, -0.2) is 4.98 Å². The van der Waals surface area contributed by atoms with Gasteiger partial charge >= 0.3 is 0 Å². The standard InChI is InChI=1S/C24H26N2OS/c27-23(15-14-18-8-3-1-4-9-18)25-21-13-7-12-20(16-21)22-17-28-24(26-22)19-10-5-2-6-11-19/h2,5-7,10-13,16-18H,1,3-4,8-9,14-15H2,(H,25,27). The number of benzene rings is 2. The van der Waals surface area contributed by atoms with Crippen LogP contribution < -0.4 is 5.32 Å². The summed E-state index contributed by atoms with van der Waals surface area (Å²) in [6.07, 6.45) is 8.21. The van der Waals surface area contributed by atoms with Crippen LogP contribution in [0.2, 0.25) is 0 Å². The molecule has 1 amide bonds. The predicted molar refractivity (Wildman–Crippen MR) is 117 cm³/mol. The average molecular weight is 391 g/mol.